The molecule has 6 heteroatoms. The lowest BCUT2D eigenvalue weighted by atomic mass is 9.97. The molecule has 0 bridgehead atoms. The van der Waals surface area contributed by atoms with Crippen molar-refractivity contribution in [3.63, 3.8) is 0 Å². The van der Waals surface area contributed by atoms with Gasteiger partial charge in [-0.3, -0.25) is 9.59 Å². The second-order valence-electron chi connectivity index (χ2n) is 6.92. The van der Waals surface area contributed by atoms with Gasteiger partial charge in [0.05, 0.1) is 5.92 Å². The summed E-state index contributed by atoms with van der Waals surface area (Å²) in [5.41, 5.74) is 4.77. The second-order valence-corrected chi connectivity index (χ2v) is 6.92. The van der Waals surface area contributed by atoms with Crippen LogP contribution in [0.2, 0.25) is 0 Å². The summed E-state index contributed by atoms with van der Waals surface area (Å²) in [6, 6.07) is 0. The fraction of sp³-hybridized carbons (Fsp3) is 0.875. The third kappa shape index (κ3) is 7.22. The van der Waals surface area contributed by atoms with Gasteiger partial charge < -0.3 is 20.3 Å². The lowest BCUT2D eigenvalue weighted by molar-refractivity contribution is -0.164. The van der Waals surface area contributed by atoms with Crippen LogP contribution in [0, 0.1) is 5.92 Å². The third-order valence-corrected chi connectivity index (χ3v) is 3.63. The zero-order chi connectivity index (χ0) is 16.8. The molecule has 2 atom stereocenters. The van der Waals surface area contributed by atoms with E-state index in [2.05, 4.69) is 0 Å². The second kappa shape index (κ2) is 8.48. The maximum Gasteiger partial charge on any atom is 0.313 e. The van der Waals surface area contributed by atoms with Gasteiger partial charge in [0.15, 0.2) is 0 Å². The highest BCUT2D eigenvalue weighted by atomic mass is 16.6. The van der Waals surface area contributed by atoms with Crippen molar-refractivity contribution >= 4 is 11.9 Å². The van der Waals surface area contributed by atoms with E-state index in [1.165, 1.54) is 6.42 Å². The van der Waals surface area contributed by atoms with Gasteiger partial charge in [-0.15, -0.1) is 0 Å². The molecule has 0 aromatic carbocycles. The van der Waals surface area contributed by atoms with E-state index in [9.17, 15) is 14.7 Å². The quantitative estimate of drug-likeness (QED) is 0.573. The van der Waals surface area contributed by atoms with Crippen molar-refractivity contribution in [1.82, 2.24) is 0 Å². The molecule has 0 aromatic heterocycles. The number of carbonyl (C=O) groups is 2. The Bertz CT molecular complexity index is 369. The first kappa shape index (κ1) is 18.9. The first-order valence-corrected chi connectivity index (χ1v) is 8.05. The molecular weight excluding hydrogens is 286 g/mol. The molecule has 2 unspecified atom stereocenters. The van der Waals surface area contributed by atoms with Gasteiger partial charge in [-0.2, -0.15) is 0 Å². The van der Waals surface area contributed by atoms with Crippen molar-refractivity contribution in [3.05, 3.63) is 0 Å². The summed E-state index contributed by atoms with van der Waals surface area (Å²) in [4.78, 5) is 23.8. The molecule has 22 heavy (non-hydrogen) atoms. The zero-order valence-corrected chi connectivity index (χ0v) is 13.8. The summed E-state index contributed by atoms with van der Waals surface area (Å²) >= 11 is 0. The van der Waals surface area contributed by atoms with Crippen molar-refractivity contribution in [2.45, 2.75) is 83.6 Å². The number of hydrogen-bond donors (Lipinski definition) is 2. The van der Waals surface area contributed by atoms with Crippen LogP contribution < -0.4 is 5.73 Å². The van der Waals surface area contributed by atoms with Gasteiger partial charge in [-0.25, -0.2) is 0 Å². The van der Waals surface area contributed by atoms with E-state index in [1.807, 2.05) is 0 Å². The highest BCUT2D eigenvalue weighted by Crippen LogP contribution is 2.22. The van der Waals surface area contributed by atoms with Crippen molar-refractivity contribution in [2.75, 3.05) is 0 Å². The van der Waals surface area contributed by atoms with E-state index in [4.69, 9.17) is 15.2 Å². The van der Waals surface area contributed by atoms with Crippen LogP contribution >= 0.6 is 0 Å². The largest absolute Gasteiger partial charge is 0.462 e. The van der Waals surface area contributed by atoms with Crippen molar-refractivity contribution in [3.8, 4) is 0 Å². The van der Waals surface area contributed by atoms with E-state index < -0.39 is 23.7 Å². The molecule has 1 saturated carbocycles. The SMILES string of the molecule is CC(C)(C)OC(=O)C(CCC(=O)OC1CCCCC1)C(N)O. The van der Waals surface area contributed by atoms with Crippen LogP contribution in [0.4, 0.5) is 0 Å². The Hall–Kier alpha value is -1.14. The minimum atomic E-state index is -1.35. The van der Waals surface area contributed by atoms with Crippen LogP contribution in [0.3, 0.4) is 0 Å². The molecule has 0 spiro atoms. The minimum Gasteiger partial charge on any atom is -0.462 e. The predicted molar refractivity (Wildman–Crippen MR) is 81.7 cm³/mol. The lowest BCUT2D eigenvalue weighted by Gasteiger charge is -2.25. The minimum absolute atomic E-state index is 0.0102. The summed E-state index contributed by atoms with van der Waals surface area (Å²) < 4.78 is 10.6. The van der Waals surface area contributed by atoms with E-state index >= 15 is 0 Å². The Morgan fingerprint density at radius 1 is 1.23 bits per heavy atom. The first-order valence-electron chi connectivity index (χ1n) is 8.05. The Labute approximate surface area is 132 Å². The number of ether oxygens (including phenoxy) is 2. The Morgan fingerprint density at radius 2 is 1.82 bits per heavy atom. The monoisotopic (exact) mass is 315 g/mol. The highest BCUT2D eigenvalue weighted by Gasteiger charge is 2.30. The summed E-state index contributed by atoms with van der Waals surface area (Å²) in [5.74, 6) is -1.85. The highest BCUT2D eigenvalue weighted by molar-refractivity contribution is 5.75. The fourth-order valence-electron chi connectivity index (χ4n) is 2.51. The smallest absolute Gasteiger partial charge is 0.313 e. The average molecular weight is 315 g/mol. The number of esters is 2. The van der Waals surface area contributed by atoms with Crippen LogP contribution in [-0.4, -0.2) is 35.0 Å². The molecule has 1 aliphatic carbocycles. The lowest BCUT2D eigenvalue weighted by Crippen LogP contribution is -2.39. The number of nitrogens with two attached hydrogens (primary N) is 1. The van der Waals surface area contributed by atoms with Crippen molar-refractivity contribution in [1.29, 1.82) is 0 Å². The van der Waals surface area contributed by atoms with Crippen molar-refractivity contribution in [2.24, 2.45) is 11.7 Å². The van der Waals surface area contributed by atoms with E-state index in [0.29, 0.717) is 0 Å². The van der Waals surface area contributed by atoms with E-state index in [-0.39, 0.29) is 24.9 Å². The number of carbonyl (C=O) groups excluding carboxylic acids is 2. The molecule has 128 valence electrons. The Kier molecular flexibility index (Phi) is 7.29. The van der Waals surface area contributed by atoms with Gasteiger partial charge in [0.1, 0.15) is 17.9 Å². The van der Waals surface area contributed by atoms with Crippen molar-refractivity contribution < 1.29 is 24.2 Å². The summed E-state index contributed by atoms with van der Waals surface area (Å²) in [5, 5.41) is 9.54. The van der Waals surface area contributed by atoms with Gasteiger partial charge >= 0.3 is 11.9 Å². The topological polar surface area (TPSA) is 98.9 Å². The summed E-state index contributed by atoms with van der Waals surface area (Å²) in [6.45, 7) is 5.21. The van der Waals surface area contributed by atoms with E-state index in [0.717, 1.165) is 25.7 Å². The predicted octanol–water partition coefficient (Wildman–Crippen LogP) is 1.88. The van der Waals surface area contributed by atoms with Crippen LogP contribution in [0.25, 0.3) is 0 Å². The normalized spacial score (nSPS) is 19.3. The van der Waals surface area contributed by atoms with Gasteiger partial charge in [-0.05, 0) is 52.9 Å². The summed E-state index contributed by atoms with van der Waals surface area (Å²) in [7, 11) is 0. The molecule has 1 aliphatic rings. The zero-order valence-electron chi connectivity index (χ0n) is 13.8. The van der Waals surface area contributed by atoms with Crippen LogP contribution in [0.15, 0.2) is 0 Å². The van der Waals surface area contributed by atoms with Crippen LogP contribution in [-0.2, 0) is 19.1 Å². The molecule has 6 nitrogen and oxygen atoms in total. The number of aliphatic hydroxyl groups excluding tert-OH is 1. The fourth-order valence-corrected chi connectivity index (χ4v) is 2.51. The molecule has 3 N–H and O–H groups in total. The van der Waals surface area contributed by atoms with Gasteiger partial charge in [-0.1, -0.05) is 6.42 Å². The Balaban J connectivity index is 2.43. The maximum atomic E-state index is 12.0. The number of rotatable bonds is 6. The van der Waals surface area contributed by atoms with Gasteiger partial charge in [0, 0.05) is 6.42 Å². The van der Waals surface area contributed by atoms with Crippen LogP contribution in [0.5, 0.6) is 0 Å². The standard InChI is InChI=1S/C16H29NO5/c1-16(2,3)22-15(20)12(14(17)19)9-10-13(18)21-11-7-5-4-6-8-11/h11-12,14,19H,4-10,17H2,1-3H3. The number of hydrogen-bond acceptors (Lipinski definition) is 6. The first-order chi connectivity index (χ1) is 10.2. The molecule has 0 aliphatic heterocycles. The van der Waals surface area contributed by atoms with Crippen LogP contribution in [0.1, 0.15) is 65.7 Å². The molecular formula is C16H29NO5. The molecule has 1 rings (SSSR count). The molecule has 0 radical (unpaired) electrons. The third-order valence-electron chi connectivity index (χ3n) is 3.63. The molecule has 1 fully saturated rings. The van der Waals surface area contributed by atoms with Gasteiger partial charge in [0.25, 0.3) is 0 Å². The molecule has 0 aromatic rings. The number of aliphatic hydroxyl groups is 1. The average Bonchev–Trinajstić information content (AvgIpc) is 2.37. The maximum absolute atomic E-state index is 12.0. The van der Waals surface area contributed by atoms with E-state index in [1.54, 1.807) is 20.8 Å². The Morgan fingerprint density at radius 3 is 2.32 bits per heavy atom. The molecule has 0 amide bonds. The molecule has 0 saturated heterocycles. The molecule has 0 heterocycles. The van der Waals surface area contributed by atoms with Gasteiger partial charge in [0.2, 0.25) is 0 Å². The summed E-state index contributed by atoms with van der Waals surface area (Å²) in [6.07, 6.45) is 3.98.